The van der Waals surface area contributed by atoms with Gasteiger partial charge in [-0.3, -0.25) is 10.1 Å². The fourth-order valence-corrected chi connectivity index (χ4v) is 1.22. The Morgan fingerprint density at radius 2 is 2.22 bits per heavy atom. The van der Waals surface area contributed by atoms with Gasteiger partial charge in [-0.05, 0) is 20.8 Å². The van der Waals surface area contributed by atoms with Crippen molar-refractivity contribution >= 4 is 12.0 Å². The SMILES string of the molecule is CC(C)(C)OC(=O)NC(=O)[C@@H](N)Cc1cnc[nH]1. The van der Waals surface area contributed by atoms with Crippen molar-refractivity contribution in [2.24, 2.45) is 5.73 Å². The molecule has 1 rings (SSSR count). The number of nitrogens with two attached hydrogens (primary N) is 1. The molecule has 4 N–H and O–H groups in total. The first-order chi connectivity index (χ1) is 8.28. The van der Waals surface area contributed by atoms with Crippen LogP contribution in [0.2, 0.25) is 0 Å². The lowest BCUT2D eigenvalue weighted by Gasteiger charge is -2.20. The molecule has 1 heterocycles. The maximum absolute atomic E-state index is 11.6. The average molecular weight is 254 g/mol. The molecule has 0 fully saturated rings. The third kappa shape index (κ3) is 4.96. The van der Waals surface area contributed by atoms with Gasteiger partial charge in [0.15, 0.2) is 0 Å². The highest BCUT2D eigenvalue weighted by atomic mass is 16.6. The average Bonchev–Trinajstić information content (AvgIpc) is 2.66. The van der Waals surface area contributed by atoms with Crippen molar-refractivity contribution < 1.29 is 14.3 Å². The topological polar surface area (TPSA) is 110 Å². The fraction of sp³-hybridized carbons (Fsp3) is 0.545. The van der Waals surface area contributed by atoms with Crippen LogP contribution in [-0.2, 0) is 16.0 Å². The second-order valence-electron chi connectivity index (χ2n) is 4.88. The number of alkyl carbamates (subject to hydrolysis) is 1. The molecule has 0 saturated carbocycles. The van der Waals surface area contributed by atoms with Gasteiger partial charge in [-0.1, -0.05) is 0 Å². The maximum Gasteiger partial charge on any atom is 0.414 e. The van der Waals surface area contributed by atoms with Crippen molar-refractivity contribution in [2.45, 2.75) is 38.8 Å². The largest absolute Gasteiger partial charge is 0.444 e. The van der Waals surface area contributed by atoms with Crippen LogP contribution in [-0.4, -0.2) is 33.6 Å². The zero-order valence-corrected chi connectivity index (χ0v) is 10.7. The van der Waals surface area contributed by atoms with Crippen LogP contribution in [0, 0.1) is 0 Å². The van der Waals surface area contributed by atoms with E-state index in [1.54, 1.807) is 27.0 Å². The summed E-state index contributed by atoms with van der Waals surface area (Å²) in [5.74, 6) is -0.584. The van der Waals surface area contributed by atoms with Crippen LogP contribution in [0.15, 0.2) is 12.5 Å². The summed E-state index contributed by atoms with van der Waals surface area (Å²) in [4.78, 5) is 29.6. The molecule has 7 nitrogen and oxygen atoms in total. The van der Waals surface area contributed by atoms with Gasteiger partial charge in [-0.25, -0.2) is 9.78 Å². The van der Waals surface area contributed by atoms with E-state index in [4.69, 9.17) is 10.5 Å². The van der Waals surface area contributed by atoms with E-state index in [-0.39, 0.29) is 6.42 Å². The lowest BCUT2D eigenvalue weighted by Crippen LogP contribution is -2.46. The molecule has 2 amide bonds. The molecule has 0 aromatic carbocycles. The summed E-state index contributed by atoms with van der Waals surface area (Å²) >= 11 is 0. The summed E-state index contributed by atoms with van der Waals surface area (Å²) in [5.41, 5.74) is 5.72. The van der Waals surface area contributed by atoms with E-state index in [9.17, 15) is 9.59 Å². The Bertz CT molecular complexity index is 408. The number of nitrogens with zero attached hydrogens (tertiary/aromatic N) is 1. The van der Waals surface area contributed by atoms with Crippen molar-refractivity contribution in [3.63, 3.8) is 0 Å². The molecule has 1 aromatic rings. The van der Waals surface area contributed by atoms with Gasteiger partial charge >= 0.3 is 6.09 Å². The normalized spacial score (nSPS) is 12.9. The number of carbonyl (C=O) groups is 2. The summed E-state index contributed by atoms with van der Waals surface area (Å²) in [6, 6.07) is -0.835. The number of ether oxygens (including phenoxy) is 1. The molecule has 0 radical (unpaired) electrons. The van der Waals surface area contributed by atoms with Gasteiger partial charge in [-0.2, -0.15) is 0 Å². The van der Waals surface area contributed by atoms with Crippen molar-refractivity contribution in [3.8, 4) is 0 Å². The Hall–Kier alpha value is -1.89. The molecule has 0 aliphatic heterocycles. The second-order valence-corrected chi connectivity index (χ2v) is 4.88. The Kier molecular flexibility index (Phi) is 4.43. The summed E-state index contributed by atoms with van der Waals surface area (Å²) in [7, 11) is 0. The minimum absolute atomic E-state index is 0.272. The molecule has 7 heteroatoms. The number of amides is 2. The molecule has 0 spiro atoms. The molecule has 100 valence electrons. The van der Waals surface area contributed by atoms with Gasteiger partial charge in [0.25, 0.3) is 0 Å². The zero-order chi connectivity index (χ0) is 13.8. The van der Waals surface area contributed by atoms with E-state index in [1.807, 2.05) is 0 Å². The van der Waals surface area contributed by atoms with E-state index in [0.29, 0.717) is 0 Å². The number of imidazole rings is 1. The van der Waals surface area contributed by atoms with Crippen LogP contribution in [0.5, 0.6) is 0 Å². The summed E-state index contributed by atoms with van der Waals surface area (Å²) < 4.78 is 4.95. The first-order valence-electron chi connectivity index (χ1n) is 5.54. The molecule has 0 unspecified atom stereocenters. The number of imide groups is 1. The highest BCUT2D eigenvalue weighted by molar-refractivity contribution is 5.94. The lowest BCUT2D eigenvalue weighted by atomic mass is 10.1. The summed E-state index contributed by atoms with van der Waals surface area (Å²) in [6.07, 6.45) is 2.54. The van der Waals surface area contributed by atoms with Crippen LogP contribution in [0.1, 0.15) is 26.5 Å². The lowest BCUT2D eigenvalue weighted by molar-refractivity contribution is -0.122. The Morgan fingerprint density at radius 3 is 2.72 bits per heavy atom. The second kappa shape index (κ2) is 5.63. The summed E-state index contributed by atoms with van der Waals surface area (Å²) in [5, 5.41) is 2.09. The monoisotopic (exact) mass is 254 g/mol. The molecular weight excluding hydrogens is 236 g/mol. The predicted octanol–water partition coefficient (Wildman–Crippen LogP) is 0.331. The molecule has 0 aliphatic rings. The smallest absolute Gasteiger partial charge is 0.414 e. The van der Waals surface area contributed by atoms with Crippen LogP contribution in [0.4, 0.5) is 4.79 Å². The molecule has 18 heavy (non-hydrogen) atoms. The maximum atomic E-state index is 11.6. The van der Waals surface area contributed by atoms with Crippen molar-refractivity contribution in [1.82, 2.24) is 15.3 Å². The quantitative estimate of drug-likeness (QED) is 0.720. The number of aromatic nitrogens is 2. The molecule has 1 aromatic heterocycles. The van der Waals surface area contributed by atoms with Crippen LogP contribution in [0.25, 0.3) is 0 Å². The standard InChI is InChI=1S/C11H18N4O3/c1-11(2,3)18-10(17)15-9(16)8(12)4-7-5-13-6-14-7/h5-6,8H,4,12H2,1-3H3,(H,13,14)(H,15,16,17)/t8-/m0/s1. The number of H-pyrrole nitrogens is 1. The van der Waals surface area contributed by atoms with Crippen molar-refractivity contribution in [1.29, 1.82) is 0 Å². The van der Waals surface area contributed by atoms with Gasteiger partial charge in [0, 0.05) is 18.3 Å². The number of hydrogen-bond acceptors (Lipinski definition) is 5. The first kappa shape index (κ1) is 14.2. The highest BCUT2D eigenvalue weighted by Gasteiger charge is 2.21. The number of nitrogens with one attached hydrogen (secondary N) is 2. The van der Waals surface area contributed by atoms with Gasteiger partial charge in [0.1, 0.15) is 5.60 Å². The minimum atomic E-state index is -0.835. The number of aromatic amines is 1. The Labute approximate surface area is 105 Å². The van der Waals surface area contributed by atoms with Crippen LogP contribution in [0.3, 0.4) is 0 Å². The summed E-state index contributed by atoms with van der Waals surface area (Å²) in [6.45, 7) is 5.13. The molecule has 1 atom stereocenters. The van der Waals surface area contributed by atoms with Crippen molar-refractivity contribution in [3.05, 3.63) is 18.2 Å². The van der Waals surface area contributed by atoms with Crippen LogP contribution < -0.4 is 11.1 Å². The molecule has 0 bridgehead atoms. The van der Waals surface area contributed by atoms with E-state index in [2.05, 4.69) is 15.3 Å². The van der Waals surface area contributed by atoms with Gasteiger partial charge in [-0.15, -0.1) is 0 Å². The first-order valence-corrected chi connectivity index (χ1v) is 5.54. The molecule has 0 saturated heterocycles. The third-order valence-electron chi connectivity index (χ3n) is 1.96. The zero-order valence-electron chi connectivity index (χ0n) is 10.7. The molecule has 0 aliphatic carbocycles. The van der Waals surface area contributed by atoms with E-state index >= 15 is 0 Å². The minimum Gasteiger partial charge on any atom is -0.444 e. The Morgan fingerprint density at radius 1 is 1.56 bits per heavy atom. The van der Waals surface area contributed by atoms with E-state index < -0.39 is 23.6 Å². The van der Waals surface area contributed by atoms with Crippen molar-refractivity contribution in [2.75, 3.05) is 0 Å². The van der Waals surface area contributed by atoms with E-state index in [0.717, 1.165) is 5.69 Å². The third-order valence-corrected chi connectivity index (χ3v) is 1.96. The number of rotatable bonds is 3. The molecular formula is C11H18N4O3. The predicted molar refractivity (Wildman–Crippen MR) is 64.6 cm³/mol. The number of carbonyl (C=O) groups excluding carboxylic acids is 2. The van der Waals surface area contributed by atoms with Gasteiger partial charge < -0.3 is 15.5 Å². The Balaban J connectivity index is 2.43. The fourth-order valence-electron chi connectivity index (χ4n) is 1.22. The van der Waals surface area contributed by atoms with Gasteiger partial charge in [0.05, 0.1) is 12.4 Å². The van der Waals surface area contributed by atoms with E-state index in [1.165, 1.54) is 6.33 Å². The highest BCUT2D eigenvalue weighted by Crippen LogP contribution is 2.06. The van der Waals surface area contributed by atoms with Crippen LogP contribution >= 0.6 is 0 Å². The number of hydrogen-bond donors (Lipinski definition) is 3. The van der Waals surface area contributed by atoms with Gasteiger partial charge in [0.2, 0.25) is 5.91 Å².